The van der Waals surface area contributed by atoms with Crippen molar-refractivity contribution < 1.29 is 0 Å². The summed E-state index contributed by atoms with van der Waals surface area (Å²) in [5, 5.41) is 0. The van der Waals surface area contributed by atoms with Crippen molar-refractivity contribution in [2.45, 2.75) is 53.9 Å². The van der Waals surface area contributed by atoms with E-state index in [2.05, 4.69) is 43.3 Å². The molecule has 1 aromatic carbocycles. The van der Waals surface area contributed by atoms with Gasteiger partial charge >= 0.3 is 5.69 Å². The molecular formula is C24H39N3OS. The lowest BCUT2D eigenvalue weighted by atomic mass is 10.2. The molecule has 0 amide bonds. The van der Waals surface area contributed by atoms with E-state index >= 15 is 0 Å². The molecule has 1 aromatic heterocycles. The molecule has 0 aliphatic carbocycles. The van der Waals surface area contributed by atoms with Gasteiger partial charge in [0.15, 0.2) is 0 Å². The van der Waals surface area contributed by atoms with E-state index in [1.807, 2.05) is 45.7 Å². The van der Waals surface area contributed by atoms with Crippen LogP contribution in [0.25, 0.3) is 6.08 Å². The number of allylic oxidation sites excluding steroid dienone is 1. The lowest BCUT2D eigenvalue weighted by molar-refractivity contribution is 0.677. The molecule has 0 saturated carbocycles. The van der Waals surface area contributed by atoms with Gasteiger partial charge < -0.3 is 4.90 Å². The van der Waals surface area contributed by atoms with Gasteiger partial charge in [0.1, 0.15) is 10.5 Å². The number of aromatic nitrogens is 2. The average Bonchev–Trinajstić information content (AvgIpc) is 2.76. The standard InChI is InChI=1S/C12H16.C10H17N3OS.C2H6/c1-2-3-4-6-9-12-10-7-5-8-11-12;1-6-11(3)8-7(2)9(15)13(5)10(14)12(8)4;1-2/h5-11H,2-4H2,1H3;6H2,1-5H3;1-2H3/b9-6+;;. The van der Waals surface area contributed by atoms with E-state index in [4.69, 9.17) is 12.2 Å². The van der Waals surface area contributed by atoms with E-state index < -0.39 is 0 Å². The summed E-state index contributed by atoms with van der Waals surface area (Å²) < 4.78 is 3.74. The van der Waals surface area contributed by atoms with Gasteiger partial charge in [0, 0.05) is 33.3 Å². The van der Waals surface area contributed by atoms with Crippen LogP contribution in [0, 0.1) is 11.6 Å². The molecule has 0 saturated heterocycles. The summed E-state index contributed by atoms with van der Waals surface area (Å²) in [6.07, 6.45) is 8.21. The fraction of sp³-hybridized carbons (Fsp3) is 0.500. The molecule has 2 rings (SSSR count). The van der Waals surface area contributed by atoms with Crippen LogP contribution in [0.3, 0.4) is 0 Å². The fourth-order valence-electron chi connectivity index (χ4n) is 2.80. The topological polar surface area (TPSA) is 30.2 Å². The summed E-state index contributed by atoms with van der Waals surface area (Å²) in [5.74, 6) is 0.894. The minimum absolute atomic E-state index is 0.0825. The number of rotatable bonds is 6. The molecule has 0 bridgehead atoms. The summed E-state index contributed by atoms with van der Waals surface area (Å²) in [6, 6.07) is 10.4. The zero-order chi connectivity index (χ0) is 22.4. The second-order valence-corrected chi connectivity index (χ2v) is 7.01. The molecule has 0 atom stereocenters. The molecule has 0 N–H and O–H groups in total. The minimum Gasteiger partial charge on any atom is -0.361 e. The first-order valence-electron chi connectivity index (χ1n) is 10.5. The summed E-state index contributed by atoms with van der Waals surface area (Å²) >= 11 is 5.22. The first kappa shape index (κ1) is 26.9. The Bertz CT molecular complexity index is 814. The first-order valence-corrected chi connectivity index (χ1v) is 10.9. The van der Waals surface area contributed by atoms with E-state index in [0.717, 1.165) is 17.9 Å². The highest BCUT2D eigenvalue weighted by Crippen LogP contribution is 2.16. The Morgan fingerprint density at radius 2 is 1.66 bits per heavy atom. The molecule has 2 aromatic rings. The average molecular weight is 418 g/mol. The molecule has 29 heavy (non-hydrogen) atoms. The van der Waals surface area contributed by atoms with Crippen molar-refractivity contribution in [3.05, 3.63) is 62.7 Å². The van der Waals surface area contributed by atoms with E-state index in [1.54, 1.807) is 18.7 Å². The number of unbranched alkanes of at least 4 members (excludes halogenated alkanes) is 2. The SMILES string of the molecule is CC.CCCC/C=C/c1ccccc1.CCN(C)c1c(C)c(=S)n(C)c(=O)n1C. The zero-order valence-electron chi connectivity index (χ0n) is 19.5. The molecule has 1 heterocycles. The van der Waals surface area contributed by atoms with Crippen molar-refractivity contribution in [1.82, 2.24) is 9.13 Å². The monoisotopic (exact) mass is 417 g/mol. The van der Waals surface area contributed by atoms with Gasteiger partial charge in [0.2, 0.25) is 0 Å². The second-order valence-electron chi connectivity index (χ2n) is 6.62. The molecule has 0 fully saturated rings. The summed E-state index contributed by atoms with van der Waals surface area (Å²) in [5.41, 5.74) is 2.19. The van der Waals surface area contributed by atoms with Crippen LogP contribution >= 0.6 is 12.2 Å². The van der Waals surface area contributed by atoms with Crippen molar-refractivity contribution in [3.63, 3.8) is 0 Å². The first-order chi connectivity index (χ1) is 13.8. The van der Waals surface area contributed by atoms with Gasteiger partial charge in [-0.2, -0.15) is 0 Å². The summed E-state index contributed by atoms with van der Waals surface area (Å²) in [6.45, 7) is 11.1. The molecule has 0 aliphatic rings. The number of benzene rings is 1. The van der Waals surface area contributed by atoms with E-state index in [9.17, 15) is 4.79 Å². The van der Waals surface area contributed by atoms with Crippen molar-refractivity contribution in [2.75, 3.05) is 18.5 Å². The van der Waals surface area contributed by atoms with Gasteiger partial charge in [-0.3, -0.25) is 9.13 Å². The van der Waals surface area contributed by atoms with E-state index in [1.165, 1.54) is 29.4 Å². The van der Waals surface area contributed by atoms with E-state index in [0.29, 0.717) is 4.64 Å². The Morgan fingerprint density at radius 3 is 2.17 bits per heavy atom. The van der Waals surface area contributed by atoms with Crippen LogP contribution in [0.4, 0.5) is 5.82 Å². The number of hydrogen-bond acceptors (Lipinski definition) is 3. The quantitative estimate of drug-likeness (QED) is 0.418. The third-order valence-corrected chi connectivity index (χ3v) is 5.10. The minimum atomic E-state index is -0.0825. The largest absolute Gasteiger partial charge is 0.361 e. The highest BCUT2D eigenvalue weighted by Gasteiger charge is 2.11. The fourth-order valence-corrected chi connectivity index (χ4v) is 2.97. The molecule has 5 heteroatoms. The maximum atomic E-state index is 11.8. The van der Waals surface area contributed by atoms with Crippen LogP contribution in [-0.4, -0.2) is 22.7 Å². The Hall–Kier alpha value is -2.14. The van der Waals surface area contributed by atoms with Crippen molar-refractivity contribution in [2.24, 2.45) is 14.1 Å². The smallest absolute Gasteiger partial charge is 0.330 e. The lowest BCUT2D eigenvalue weighted by Gasteiger charge is -2.23. The molecule has 0 aliphatic heterocycles. The van der Waals surface area contributed by atoms with Gasteiger partial charge in [-0.05, 0) is 25.8 Å². The third kappa shape index (κ3) is 8.40. The predicted octanol–water partition coefficient (Wildman–Crippen LogP) is 6.13. The van der Waals surface area contributed by atoms with Gasteiger partial charge in [-0.1, -0.05) is 88.3 Å². The highest BCUT2D eigenvalue weighted by molar-refractivity contribution is 7.71. The normalized spacial score (nSPS) is 10.1. The molecule has 162 valence electrons. The Balaban J connectivity index is 0.000000508. The lowest BCUT2D eigenvalue weighted by Crippen LogP contribution is -2.34. The van der Waals surface area contributed by atoms with Crippen LogP contribution in [0.15, 0.2) is 41.2 Å². The Morgan fingerprint density at radius 1 is 1.07 bits per heavy atom. The van der Waals surface area contributed by atoms with Crippen molar-refractivity contribution in [1.29, 1.82) is 0 Å². The van der Waals surface area contributed by atoms with Crippen LogP contribution in [0.5, 0.6) is 0 Å². The zero-order valence-corrected chi connectivity index (χ0v) is 20.3. The molecule has 4 nitrogen and oxygen atoms in total. The molecular weight excluding hydrogens is 378 g/mol. The Labute approximate surface area is 182 Å². The van der Waals surface area contributed by atoms with Crippen LogP contribution in [0.1, 0.15) is 58.1 Å². The third-order valence-electron chi connectivity index (χ3n) is 4.52. The van der Waals surface area contributed by atoms with E-state index in [-0.39, 0.29) is 5.69 Å². The van der Waals surface area contributed by atoms with Crippen molar-refractivity contribution in [3.8, 4) is 0 Å². The van der Waals surface area contributed by atoms with Gasteiger partial charge in [-0.25, -0.2) is 4.79 Å². The van der Waals surface area contributed by atoms with Crippen molar-refractivity contribution >= 4 is 24.1 Å². The summed E-state index contributed by atoms with van der Waals surface area (Å²) in [7, 11) is 5.43. The number of hydrogen-bond donors (Lipinski definition) is 0. The van der Waals surface area contributed by atoms with Gasteiger partial charge in [0.25, 0.3) is 0 Å². The Kier molecular flexibility index (Phi) is 13.7. The second kappa shape index (κ2) is 14.8. The predicted molar refractivity (Wildman–Crippen MR) is 132 cm³/mol. The summed E-state index contributed by atoms with van der Waals surface area (Å²) in [4.78, 5) is 13.8. The molecule has 0 spiro atoms. The maximum Gasteiger partial charge on any atom is 0.330 e. The van der Waals surface area contributed by atoms with Crippen LogP contribution in [0.2, 0.25) is 0 Å². The number of anilines is 1. The van der Waals surface area contributed by atoms with Crippen LogP contribution in [-0.2, 0) is 14.1 Å². The molecule has 0 unspecified atom stereocenters. The highest BCUT2D eigenvalue weighted by atomic mass is 32.1. The molecule has 0 radical (unpaired) electrons. The van der Waals surface area contributed by atoms with Crippen LogP contribution < -0.4 is 10.6 Å². The maximum absolute atomic E-state index is 11.8. The van der Waals surface area contributed by atoms with Gasteiger partial charge in [0.05, 0.1) is 0 Å². The van der Waals surface area contributed by atoms with Gasteiger partial charge in [-0.15, -0.1) is 0 Å². The number of nitrogens with zero attached hydrogens (tertiary/aromatic N) is 3.